The SMILES string of the molecule is Cc1cnn(CCNc2ncnc(N)c2C(C)C)c1. The summed E-state index contributed by atoms with van der Waals surface area (Å²) in [5, 5.41) is 7.54. The Morgan fingerprint density at radius 1 is 1.37 bits per heavy atom. The van der Waals surface area contributed by atoms with Gasteiger partial charge in [-0.25, -0.2) is 9.97 Å². The largest absolute Gasteiger partial charge is 0.383 e. The van der Waals surface area contributed by atoms with E-state index in [-0.39, 0.29) is 5.92 Å². The van der Waals surface area contributed by atoms with Crippen LogP contribution >= 0.6 is 0 Å². The lowest BCUT2D eigenvalue weighted by Crippen LogP contribution is -2.14. The van der Waals surface area contributed by atoms with Crippen molar-refractivity contribution in [1.29, 1.82) is 0 Å². The maximum absolute atomic E-state index is 5.90. The zero-order valence-electron chi connectivity index (χ0n) is 11.6. The molecular formula is C13H20N6. The quantitative estimate of drug-likeness (QED) is 0.856. The summed E-state index contributed by atoms with van der Waals surface area (Å²) in [6.45, 7) is 7.72. The third-order valence-electron chi connectivity index (χ3n) is 2.89. The lowest BCUT2D eigenvalue weighted by molar-refractivity contribution is 0.636. The number of aromatic nitrogens is 4. The van der Waals surface area contributed by atoms with Gasteiger partial charge in [0.05, 0.1) is 12.7 Å². The van der Waals surface area contributed by atoms with Crippen molar-refractivity contribution in [3.63, 3.8) is 0 Å². The average molecular weight is 260 g/mol. The molecule has 2 heterocycles. The van der Waals surface area contributed by atoms with E-state index >= 15 is 0 Å². The van der Waals surface area contributed by atoms with Gasteiger partial charge in [-0.15, -0.1) is 0 Å². The molecular weight excluding hydrogens is 240 g/mol. The molecule has 102 valence electrons. The number of nitrogens with zero attached hydrogens (tertiary/aromatic N) is 4. The van der Waals surface area contributed by atoms with Crippen LogP contribution in [0.2, 0.25) is 0 Å². The predicted molar refractivity (Wildman–Crippen MR) is 76.0 cm³/mol. The summed E-state index contributed by atoms with van der Waals surface area (Å²) in [6.07, 6.45) is 5.35. The molecule has 2 aromatic heterocycles. The van der Waals surface area contributed by atoms with Gasteiger partial charge in [0.15, 0.2) is 0 Å². The van der Waals surface area contributed by atoms with E-state index in [2.05, 4.69) is 34.2 Å². The summed E-state index contributed by atoms with van der Waals surface area (Å²) >= 11 is 0. The number of rotatable bonds is 5. The highest BCUT2D eigenvalue weighted by atomic mass is 15.3. The first-order valence-electron chi connectivity index (χ1n) is 6.41. The standard InChI is InChI=1S/C13H20N6/c1-9(2)11-12(14)16-8-17-13(11)15-4-5-19-7-10(3)6-18-19/h6-9H,4-5H2,1-3H3,(H3,14,15,16,17). The van der Waals surface area contributed by atoms with Crippen LogP contribution in [0, 0.1) is 6.92 Å². The van der Waals surface area contributed by atoms with Crippen LogP contribution in [-0.2, 0) is 6.54 Å². The first-order valence-corrected chi connectivity index (χ1v) is 6.41. The molecule has 0 radical (unpaired) electrons. The van der Waals surface area contributed by atoms with Gasteiger partial charge in [0.2, 0.25) is 0 Å². The van der Waals surface area contributed by atoms with Crippen LogP contribution in [0.5, 0.6) is 0 Å². The minimum atomic E-state index is 0.288. The first kappa shape index (κ1) is 13.3. The van der Waals surface area contributed by atoms with Gasteiger partial charge in [-0.3, -0.25) is 4.68 Å². The molecule has 0 saturated heterocycles. The van der Waals surface area contributed by atoms with Gasteiger partial charge >= 0.3 is 0 Å². The van der Waals surface area contributed by atoms with Crippen LogP contribution in [0.1, 0.15) is 30.9 Å². The van der Waals surface area contributed by atoms with Gasteiger partial charge in [0.25, 0.3) is 0 Å². The second-order valence-corrected chi connectivity index (χ2v) is 4.88. The fraction of sp³-hybridized carbons (Fsp3) is 0.462. The Labute approximate surface area is 113 Å². The van der Waals surface area contributed by atoms with Crippen molar-refractivity contribution in [2.75, 3.05) is 17.6 Å². The lowest BCUT2D eigenvalue weighted by atomic mass is 10.0. The predicted octanol–water partition coefficient (Wildman–Crippen LogP) is 1.80. The van der Waals surface area contributed by atoms with Crippen molar-refractivity contribution < 1.29 is 0 Å². The summed E-state index contributed by atoms with van der Waals surface area (Å²) in [7, 11) is 0. The Bertz CT molecular complexity index is 546. The molecule has 6 heteroatoms. The molecule has 19 heavy (non-hydrogen) atoms. The molecule has 0 aliphatic carbocycles. The van der Waals surface area contributed by atoms with Crippen molar-refractivity contribution in [2.45, 2.75) is 33.2 Å². The molecule has 0 spiro atoms. The second kappa shape index (κ2) is 5.69. The minimum Gasteiger partial charge on any atom is -0.383 e. The van der Waals surface area contributed by atoms with Crippen LogP contribution in [0.15, 0.2) is 18.7 Å². The van der Waals surface area contributed by atoms with Gasteiger partial charge in [0.1, 0.15) is 18.0 Å². The Kier molecular flexibility index (Phi) is 3.99. The fourth-order valence-corrected chi connectivity index (χ4v) is 2.00. The van der Waals surface area contributed by atoms with Gasteiger partial charge in [-0.2, -0.15) is 5.10 Å². The molecule has 0 aliphatic heterocycles. The normalized spacial score (nSPS) is 10.9. The highest BCUT2D eigenvalue weighted by Crippen LogP contribution is 2.25. The number of hydrogen-bond donors (Lipinski definition) is 2. The molecule has 0 unspecified atom stereocenters. The van der Waals surface area contributed by atoms with E-state index in [4.69, 9.17) is 5.73 Å². The molecule has 0 aliphatic rings. The van der Waals surface area contributed by atoms with E-state index in [1.807, 2.05) is 24.0 Å². The number of anilines is 2. The molecule has 0 bridgehead atoms. The average Bonchev–Trinajstić information content (AvgIpc) is 2.74. The first-order chi connectivity index (χ1) is 9.08. The summed E-state index contributed by atoms with van der Waals surface area (Å²) < 4.78 is 1.90. The number of nitrogen functional groups attached to an aromatic ring is 1. The molecule has 0 fully saturated rings. The zero-order valence-corrected chi connectivity index (χ0v) is 11.6. The van der Waals surface area contributed by atoms with Gasteiger partial charge in [0, 0.05) is 18.3 Å². The number of nitrogens with two attached hydrogens (primary N) is 1. The number of aryl methyl sites for hydroxylation is 1. The van der Waals surface area contributed by atoms with E-state index in [0.29, 0.717) is 5.82 Å². The lowest BCUT2D eigenvalue weighted by Gasteiger charge is -2.14. The molecule has 2 aromatic rings. The molecule has 2 rings (SSSR count). The third kappa shape index (κ3) is 3.21. The molecule has 0 amide bonds. The van der Waals surface area contributed by atoms with Crippen LogP contribution in [0.4, 0.5) is 11.6 Å². The summed E-state index contributed by atoms with van der Waals surface area (Å²) in [5.74, 6) is 1.64. The minimum absolute atomic E-state index is 0.288. The van der Waals surface area contributed by atoms with Crippen LogP contribution in [0.3, 0.4) is 0 Å². The monoisotopic (exact) mass is 260 g/mol. The van der Waals surface area contributed by atoms with Crippen molar-refractivity contribution in [3.05, 3.63) is 29.8 Å². The van der Waals surface area contributed by atoms with Crippen LogP contribution in [-0.4, -0.2) is 26.3 Å². The number of nitrogens with one attached hydrogen (secondary N) is 1. The van der Waals surface area contributed by atoms with E-state index in [9.17, 15) is 0 Å². The molecule has 3 N–H and O–H groups in total. The van der Waals surface area contributed by atoms with E-state index in [1.165, 1.54) is 6.33 Å². The molecule has 6 nitrogen and oxygen atoms in total. The van der Waals surface area contributed by atoms with Crippen molar-refractivity contribution in [1.82, 2.24) is 19.7 Å². The Morgan fingerprint density at radius 3 is 2.79 bits per heavy atom. The highest BCUT2D eigenvalue weighted by Gasteiger charge is 2.12. The summed E-state index contributed by atoms with van der Waals surface area (Å²) in [4.78, 5) is 8.30. The maximum atomic E-state index is 5.90. The fourth-order valence-electron chi connectivity index (χ4n) is 2.00. The van der Waals surface area contributed by atoms with Gasteiger partial charge in [-0.1, -0.05) is 13.8 Å². The molecule has 0 aromatic carbocycles. The van der Waals surface area contributed by atoms with Gasteiger partial charge in [-0.05, 0) is 18.4 Å². The summed E-state index contributed by atoms with van der Waals surface area (Å²) in [5.41, 5.74) is 8.03. The van der Waals surface area contributed by atoms with Crippen molar-refractivity contribution in [2.24, 2.45) is 0 Å². The third-order valence-corrected chi connectivity index (χ3v) is 2.89. The topological polar surface area (TPSA) is 81.7 Å². The van der Waals surface area contributed by atoms with Crippen LogP contribution in [0.25, 0.3) is 0 Å². The Hall–Kier alpha value is -2.11. The Morgan fingerprint density at radius 2 is 2.16 bits per heavy atom. The van der Waals surface area contributed by atoms with Gasteiger partial charge < -0.3 is 11.1 Å². The summed E-state index contributed by atoms with van der Waals surface area (Å²) in [6, 6.07) is 0. The Balaban J connectivity index is 2.01. The van der Waals surface area contributed by atoms with Crippen molar-refractivity contribution >= 4 is 11.6 Å². The van der Waals surface area contributed by atoms with E-state index in [0.717, 1.165) is 30.0 Å². The second-order valence-electron chi connectivity index (χ2n) is 4.88. The molecule has 0 saturated carbocycles. The smallest absolute Gasteiger partial charge is 0.135 e. The van der Waals surface area contributed by atoms with E-state index in [1.54, 1.807) is 0 Å². The van der Waals surface area contributed by atoms with Crippen molar-refractivity contribution in [3.8, 4) is 0 Å². The van der Waals surface area contributed by atoms with E-state index < -0.39 is 0 Å². The highest BCUT2D eigenvalue weighted by molar-refractivity contribution is 5.56. The zero-order chi connectivity index (χ0) is 13.8. The maximum Gasteiger partial charge on any atom is 0.135 e. The molecule has 0 atom stereocenters. The number of hydrogen-bond acceptors (Lipinski definition) is 5. The van der Waals surface area contributed by atoms with Crippen LogP contribution < -0.4 is 11.1 Å².